The first kappa shape index (κ1) is 25.2. The molecule has 2 atom stereocenters. The number of rotatable bonds is 6. The van der Waals surface area contributed by atoms with E-state index in [1.807, 2.05) is 29.7 Å². The van der Waals surface area contributed by atoms with Crippen LogP contribution in [0.15, 0.2) is 59.9 Å². The molecule has 39 heavy (non-hydrogen) atoms. The topological polar surface area (TPSA) is 89.5 Å². The molecule has 0 amide bonds. The summed E-state index contributed by atoms with van der Waals surface area (Å²) in [6.45, 7) is 4.76. The molecule has 0 bridgehead atoms. The van der Waals surface area contributed by atoms with Crippen molar-refractivity contribution in [2.75, 3.05) is 30.3 Å². The Hall–Kier alpha value is -4.05. The fourth-order valence-electron chi connectivity index (χ4n) is 5.69. The number of nitrogens with zero attached hydrogens (tertiary/aromatic N) is 5. The van der Waals surface area contributed by atoms with E-state index in [9.17, 15) is 13.6 Å². The molecule has 3 aromatic heterocycles. The van der Waals surface area contributed by atoms with Gasteiger partial charge < -0.3 is 19.9 Å². The van der Waals surface area contributed by atoms with Crippen LogP contribution < -0.4 is 20.8 Å². The number of piperidine rings is 1. The minimum Gasteiger partial charge on any atom is -0.486 e. The molecular weight excluding hydrogens is 502 g/mol. The van der Waals surface area contributed by atoms with Crippen molar-refractivity contribution in [3.8, 4) is 5.75 Å². The Morgan fingerprint density at radius 3 is 2.77 bits per heavy atom. The third-order valence-electron chi connectivity index (χ3n) is 7.74. The van der Waals surface area contributed by atoms with Gasteiger partial charge >= 0.3 is 0 Å². The van der Waals surface area contributed by atoms with Gasteiger partial charge in [0.15, 0.2) is 17.0 Å². The molecule has 6 rings (SSSR count). The largest absolute Gasteiger partial charge is 0.486 e. The van der Waals surface area contributed by atoms with E-state index in [0.717, 1.165) is 43.2 Å². The Balaban J connectivity index is 1.38. The summed E-state index contributed by atoms with van der Waals surface area (Å²) >= 11 is 0. The normalized spacial score (nSPS) is 18.9. The van der Waals surface area contributed by atoms with Crippen LogP contribution >= 0.6 is 0 Å². The fourth-order valence-corrected chi connectivity index (χ4v) is 5.69. The van der Waals surface area contributed by atoms with Crippen molar-refractivity contribution in [3.05, 3.63) is 88.1 Å². The van der Waals surface area contributed by atoms with Crippen molar-refractivity contribution >= 4 is 22.4 Å². The number of anilines is 2. The van der Waals surface area contributed by atoms with Gasteiger partial charge in [-0.15, -0.1) is 0 Å². The smallest absolute Gasteiger partial charge is 0.202 e. The van der Waals surface area contributed by atoms with Crippen LogP contribution in [0.4, 0.5) is 20.3 Å². The van der Waals surface area contributed by atoms with E-state index in [4.69, 9.17) is 10.5 Å². The molecule has 202 valence electrons. The highest BCUT2D eigenvalue weighted by Gasteiger charge is 2.30. The van der Waals surface area contributed by atoms with Gasteiger partial charge in [0.05, 0.1) is 28.8 Å². The number of halogens is 2. The van der Waals surface area contributed by atoms with Crippen molar-refractivity contribution < 1.29 is 13.5 Å². The number of aromatic nitrogens is 3. The zero-order valence-electron chi connectivity index (χ0n) is 21.7. The first-order valence-corrected chi connectivity index (χ1v) is 13.2. The van der Waals surface area contributed by atoms with Gasteiger partial charge in [-0.05, 0) is 55.7 Å². The lowest BCUT2D eigenvalue weighted by Crippen LogP contribution is -2.48. The van der Waals surface area contributed by atoms with E-state index < -0.39 is 11.6 Å². The lowest BCUT2D eigenvalue weighted by Gasteiger charge is -2.40. The summed E-state index contributed by atoms with van der Waals surface area (Å²) in [6, 6.07) is 8.73. The van der Waals surface area contributed by atoms with Crippen LogP contribution in [0, 0.1) is 11.6 Å². The van der Waals surface area contributed by atoms with Crippen LogP contribution in [-0.4, -0.2) is 45.2 Å². The Morgan fingerprint density at radius 2 is 2.00 bits per heavy atom. The van der Waals surface area contributed by atoms with Gasteiger partial charge in [-0.3, -0.25) is 14.7 Å². The van der Waals surface area contributed by atoms with Gasteiger partial charge in [-0.2, -0.15) is 4.39 Å². The predicted octanol–water partition coefficient (Wildman–Crippen LogP) is 4.28. The molecule has 0 saturated carbocycles. The number of benzene rings is 1. The summed E-state index contributed by atoms with van der Waals surface area (Å²) in [6.07, 6.45) is 9.04. The Morgan fingerprint density at radius 1 is 1.18 bits per heavy atom. The van der Waals surface area contributed by atoms with Crippen LogP contribution in [0.2, 0.25) is 0 Å². The van der Waals surface area contributed by atoms with Crippen molar-refractivity contribution in [2.24, 2.45) is 0 Å². The molecular formula is C29H30F2N6O2. The molecule has 1 fully saturated rings. The molecule has 2 unspecified atom stereocenters. The SMILES string of the molecule is CC1COc2c(F)c(F)cc3c(=O)c(CN(Cc4ccncc4)C4CCCN(c5ccc(N)nc5)C4)cn1c23. The van der Waals surface area contributed by atoms with Gasteiger partial charge in [-0.1, -0.05) is 0 Å². The summed E-state index contributed by atoms with van der Waals surface area (Å²) < 4.78 is 36.4. The highest BCUT2D eigenvalue weighted by Crippen LogP contribution is 2.35. The molecule has 5 heterocycles. The quantitative estimate of drug-likeness (QED) is 0.397. The van der Waals surface area contributed by atoms with Crippen molar-refractivity contribution in [2.45, 2.75) is 44.9 Å². The van der Waals surface area contributed by atoms with Gasteiger partial charge in [0.2, 0.25) is 5.82 Å². The van der Waals surface area contributed by atoms with E-state index in [1.54, 1.807) is 30.9 Å². The first-order valence-electron chi connectivity index (χ1n) is 13.2. The summed E-state index contributed by atoms with van der Waals surface area (Å²) in [5.74, 6) is -1.86. The minimum absolute atomic E-state index is 0.134. The molecule has 2 aliphatic rings. The van der Waals surface area contributed by atoms with Crippen LogP contribution in [0.5, 0.6) is 5.75 Å². The van der Waals surface area contributed by atoms with Gasteiger partial charge in [-0.25, -0.2) is 9.37 Å². The third kappa shape index (κ3) is 4.80. The number of ether oxygens (including phenoxy) is 1. The van der Waals surface area contributed by atoms with Gasteiger partial charge in [0, 0.05) is 56.4 Å². The maximum atomic E-state index is 14.6. The molecule has 2 aliphatic heterocycles. The molecule has 0 spiro atoms. The van der Waals surface area contributed by atoms with E-state index in [2.05, 4.69) is 19.8 Å². The first-order chi connectivity index (χ1) is 18.9. The molecule has 8 nitrogen and oxygen atoms in total. The molecule has 10 heteroatoms. The second kappa shape index (κ2) is 10.3. The minimum atomic E-state index is -1.08. The Bertz CT molecular complexity index is 1560. The molecule has 4 aromatic rings. The molecule has 1 saturated heterocycles. The maximum absolute atomic E-state index is 14.6. The monoisotopic (exact) mass is 532 g/mol. The Kier molecular flexibility index (Phi) is 6.64. The number of hydrogen-bond acceptors (Lipinski definition) is 7. The second-order valence-electron chi connectivity index (χ2n) is 10.4. The fraction of sp³-hybridized carbons (Fsp3) is 0.345. The molecule has 0 aliphatic carbocycles. The van der Waals surface area contributed by atoms with Crippen molar-refractivity contribution in [3.63, 3.8) is 0 Å². The van der Waals surface area contributed by atoms with E-state index in [0.29, 0.717) is 30.0 Å². The number of nitrogen functional groups attached to an aromatic ring is 1. The van der Waals surface area contributed by atoms with Gasteiger partial charge in [0.25, 0.3) is 0 Å². The average molecular weight is 533 g/mol. The Labute approximate surface area is 224 Å². The summed E-state index contributed by atoms with van der Waals surface area (Å²) in [5.41, 5.74) is 8.41. The summed E-state index contributed by atoms with van der Waals surface area (Å²) in [7, 11) is 0. The standard InChI is InChI=1S/C29H30F2N6O2/c1-18-17-39-29-26(31)24(30)11-23-27(29)37(18)15-20(28(23)38)14-36(13-19-6-8-33-9-7-19)22-3-2-10-35(16-22)21-4-5-25(32)34-12-21/h4-9,11-12,15,18,22H,2-3,10,13-14,16-17H2,1H3,(H2,32,34). The molecule has 2 N–H and O–H groups in total. The number of nitrogens with two attached hydrogens (primary N) is 1. The van der Waals surface area contributed by atoms with E-state index in [-0.39, 0.29) is 35.3 Å². The summed E-state index contributed by atoms with van der Waals surface area (Å²) in [4.78, 5) is 26.7. The van der Waals surface area contributed by atoms with Crippen LogP contribution in [0.1, 0.15) is 36.9 Å². The maximum Gasteiger partial charge on any atom is 0.202 e. The van der Waals surface area contributed by atoms with E-state index in [1.165, 1.54) is 0 Å². The lowest BCUT2D eigenvalue weighted by atomic mass is 10.0. The highest BCUT2D eigenvalue weighted by atomic mass is 19.2. The molecule has 0 radical (unpaired) electrons. The van der Waals surface area contributed by atoms with Gasteiger partial charge in [0.1, 0.15) is 12.4 Å². The van der Waals surface area contributed by atoms with E-state index >= 15 is 0 Å². The third-order valence-corrected chi connectivity index (χ3v) is 7.74. The number of pyridine rings is 3. The average Bonchev–Trinajstić information content (AvgIpc) is 2.95. The predicted molar refractivity (Wildman–Crippen MR) is 146 cm³/mol. The zero-order valence-corrected chi connectivity index (χ0v) is 21.7. The lowest BCUT2D eigenvalue weighted by molar-refractivity contribution is 0.157. The van der Waals surface area contributed by atoms with Crippen LogP contribution in [-0.2, 0) is 13.1 Å². The zero-order chi connectivity index (χ0) is 27.1. The van der Waals surface area contributed by atoms with Crippen LogP contribution in [0.3, 0.4) is 0 Å². The van der Waals surface area contributed by atoms with Crippen LogP contribution in [0.25, 0.3) is 10.9 Å². The molecule has 1 aromatic carbocycles. The summed E-state index contributed by atoms with van der Waals surface area (Å²) in [5, 5.41) is 0.134. The number of hydrogen-bond donors (Lipinski definition) is 1. The second-order valence-corrected chi connectivity index (χ2v) is 10.4. The highest BCUT2D eigenvalue weighted by molar-refractivity contribution is 5.86. The van der Waals surface area contributed by atoms with Crippen molar-refractivity contribution in [1.82, 2.24) is 19.4 Å². The van der Waals surface area contributed by atoms with Crippen molar-refractivity contribution in [1.29, 1.82) is 0 Å².